The summed E-state index contributed by atoms with van der Waals surface area (Å²) in [6.45, 7) is 8.80. The molecule has 0 bridgehead atoms. The van der Waals surface area contributed by atoms with Gasteiger partial charge in [-0.2, -0.15) is 0 Å². The van der Waals surface area contributed by atoms with E-state index < -0.39 is 0 Å². The van der Waals surface area contributed by atoms with E-state index in [1.807, 2.05) is 6.92 Å². The maximum Gasteiger partial charge on any atom is 0.0661 e. The summed E-state index contributed by atoms with van der Waals surface area (Å²) >= 11 is 3.64. The van der Waals surface area contributed by atoms with Crippen molar-refractivity contribution in [1.82, 2.24) is 5.32 Å². The molecule has 96 valence electrons. The lowest BCUT2D eigenvalue weighted by atomic mass is 10.1. The molecule has 0 amide bonds. The molecule has 1 N–H and O–H groups in total. The van der Waals surface area contributed by atoms with E-state index in [0.717, 1.165) is 30.7 Å². The van der Waals surface area contributed by atoms with Gasteiger partial charge < -0.3 is 10.1 Å². The van der Waals surface area contributed by atoms with E-state index in [1.54, 1.807) is 0 Å². The van der Waals surface area contributed by atoms with E-state index in [2.05, 4.69) is 53.3 Å². The van der Waals surface area contributed by atoms with Crippen LogP contribution in [0.2, 0.25) is 0 Å². The smallest absolute Gasteiger partial charge is 0.0661 e. The molecule has 0 fully saturated rings. The molecule has 0 saturated heterocycles. The summed E-state index contributed by atoms with van der Waals surface area (Å²) in [6.07, 6.45) is 1.13. The Hall–Kier alpha value is -0.380. The van der Waals surface area contributed by atoms with Gasteiger partial charge in [-0.25, -0.2) is 0 Å². The molecule has 0 saturated carbocycles. The summed E-state index contributed by atoms with van der Waals surface area (Å²) in [4.78, 5) is 0. The molecule has 1 rings (SSSR count). The summed E-state index contributed by atoms with van der Waals surface area (Å²) in [7, 11) is 0. The van der Waals surface area contributed by atoms with Crippen molar-refractivity contribution in [3.05, 3.63) is 33.8 Å². The average Bonchev–Trinajstić information content (AvgIpc) is 2.30. The van der Waals surface area contributed by atoms with E-state index in [9.17, 15) is 0 Å². The third-order valence-electron chi connectivity index (χ3n) is 2.66. The first kappa shape index (κ1) is 14.7. The number of nitrogens with one attached hydrogen (secondary N) is 1. The predicted octanol–water partition coefficient (Wildman–Crippen LogP) is 3.83. The number of rotatable bonds is 7. The minimum Gasteiger partial charge on any atom is -0.380 e. The van der Waals surface area contributed by atoms with Gasteiger partial charge in [0.05, 0.1) is 12.6 Å². The molecule has 0 aliphatic rings. The zero-order valence-electron chi connectivity index (χ0n) is 10.9. The highest BCUT2D eigenvalue weighted by molar-refractivity contribution is 9.10. The Morgan fingerprint density at radius 2 is 2.12 bits per heavy atom. The maximum atomic E-state index is 5.55. The van der Waals surface area contributed by atoms with Crippen LogP contribution in [0.25, 0.3) is 0 Å². The molecule has 0 aliphatic heterocycles. The molecule has 0 heterocycles. The van der Waals surface area contributed by atoms with Crippen LogP contribution in [0.3, 0.4) is 0 Å². The monoisotopic (exact) mass is 299 g/mol. The summed E-state index contributed by atoms with van der Waals surface area (Å²) in [5.41, 5.74) is 2.55. The van der Waals surface area contributed by atoms with Crippen LogP contribution in [0.1, 0.15) is 37.4 Å². The lowest BCUT2D eigenvalue weighted by molar-refractivity contribution is 0.123. The molecule has 0 aromatic heterocycles. The van der Waals surface area contributed by atoms with E-state index in [1.165, 1.54) is 11.1 Å². The highest BCUT2D eigenvalue weighted by Crippen LogP contribution is 2.25. The van der Waals surface area contributed by atoms with Gasteiger partial charge in [0.1, 0.15) is 0 Å². The molecular weight excluding hydrogens is 278 g/mol. The molecule has 1 aromatic rings. The molecule has 2 nitrogen and oxygen atoms in total. The number of ether oxygens (including phenoxy) is 1. The van der Waals surface area contributed by atoms with Gasteiger partial charge >= 0.3 is 0 Å². The normalized spacial score (nSPS) is 12.7. The Kier molecular flexibility index (Phi) is 6.78. The summed E-state index contributed by atoms with van der Waals surface area (Å²) in [6, 6.07) is 6.74. The topological polar surface area (TPSA) is 21.3 Å². The predicted molar refractivity (Wildman–Crippen MR) is 76.4 cm³/mol. The minimum atomic E-state index is 0.268. The van der Waals surface area contributed by atoms with E-state index >= 15 is 0 Å². The molecule has 1 atom stereocenters. The summed E-state index contributed by atoms with van der Waals surface area (Å²) in [5, 5.41) is 3.53. The lowest BCUT2D eigenvalue weighted by Gasteiger charge is -2.20. The third-order valence-corrected chi connectivity index (χ3v) is 3.35. The van der Waals surface area contributed by atoms with Crippen molar-refractivity contribution in [2.24, 2.45) is 0 Å². The molecule has 3 heteroatoms. The van der Waals surface area contributed by atoms with Gasteiger partial charge in [0, 0.05) is 11.1 Å². The average molecular weight is 300 g/mol. The van der Waals surface area contributed by atoms with E-state index in [-0.39, 0.29) is 6.04 Å². The molecule has 1 unspecified atom stereocenters. The molecule has 0 aliphatic carbocycles. The molecule has 0 spiro atoms. The van der Waals surface area contributed by atoms with Gasteiger partial charge in [-0.1, -0.05) is 35.0 Å². The fraction of sp³-hybridized carbons (Fsp3) is 0.571. The van der Waals surface area contributed by atoms with Crippen molar-refractivity contribution in [3.8, 4) is 0 Å². The molecule has 17 heavy (non-hydrogen) atoms. The van der Waals surface area contributed by atoms with Gasteiger partial charge in [0.2, 0.25) is 0 Å². The van der Waals surface area contributed by atoms with Crippen LogP contribution in [0.4, 0.5) is 0 Å². The van der Waals surface area contributed by atoms with Crippen LogP contribution in [-0.2, 0) is 4.74 Å². The first-order valence-electron chi connectivity index (χ1n) is 6.26. The van der Waals surface area contributed by atoms with Crippen molar-refractivity contribution in [2.45, 2.75) is 33.2 Å². The van der Waals surface area contributed by atoms with Crippen LogP contribution in [0.15, 0.2) is 22.7 Å². The van der Waals surface area contributed by atoms with Crippen molar-refractivity contribution in [3.63, 3.8) is 0 Å². The lowest BCUT2D eigenvalue weighted by Crippen LogP contribution is -2.26. The molecule has 1 aromatic carbocycles. The number of benzene rings is 1. The van der Waals surface area contributed by atoms with E-state index in [4.69, 9.17) is 4.74 Å². The Bertz CT molecular complexity index is 333. The number of hydrogen-bond donors (Lipinski definition) is 1. The van der Waals surface area contributed by atoms with Gasteiger partial charge in [-0.3, -0.25) is 0 Å². The first-order chi connectivity index (χ1) is 8.19. The Morgan fingerprint density at radius 3 is 2.71 bits per heavy atom. The number of hydrogen-bond acceptors (Lipinski definition) is 2. The SMILES string of the molecule is CCCNC(COCC)c1ccc(C)cc1Br. The first-order valence-corrected chi connectivity index (χ1v) is 7.05. The zero-order chi connectivity index (χ0) is 12.7. The standard InChI is InChI=1S/C14H22BrNO/c1-4-8-16-14(10-17-5-2)12-7-6-11(3)9-13(12)15/h6-7,9,14,16H,4-5,8,10H2,1-3H3. The quantitative estimate of drug-likeness (QED) is 0.826. The third kappa shape index (κ3) is 4.78. The van der Waals surface area contributed by atoms with Crippen molar-refractivity contribution in [2.75, 3.05) is 19.8 Å². The van der Waals surface area contributed by atoms with Crippen LogP contribution in [-0.4, -0.2) is 19.8 Å². The van der Waals surface area contributed by atoms with Gasteiger partial charge in [0.15, 0.2) is 0 Å². The fourth-order valence-electron chi connectivity index (χ4n) is 1.73. The number of aryl methyl sites for hydroxylation is 1. The Morgan fingerprint density at radius 1 is 1.35 bits per heavy atom. The number of halogens is 1. The largest absolute Gasteiger partial charge is 0.380 e. The van der Waals surface area contributed by atoms with Gasteiger partial charge in [-0.05, 0) is 44.0 Å². The maximum absolute atomic E-state index is 5.55. The Labute approximate surface area is 113 Å². The second-order valence-electron chi connectivity index (χ2n) is 4.19. The van der Waals surface area contributed by atoms with Crippen molar-refractivity contribution in [1.29, 1.82) is 0 Å². The molecular formula is C14H22BrNO. The second-order valence-corrected chi connectivity index (χ2v) is 5.05. The van der Waals surface area contributed by atoms with E-state index in [0.29, 0.717) is 0 Å². The second kappa shape index (κ2) is 7.85. The summed E-state index contributed by atoms with van der Waals surface area (Å²) < 4.78 is 6.71. The fourth-order valence-corrected chi connectivity index (χ4v) is 2.50. The van der Waals surface area contributed by atoms with Crippen molar-refractivity contribution >= 4 is 15.9 Å². The molecule has 0 radical (unpaired) electrons. The highest BCUT2D eigenvalue weighted by Gasteiger charge is 2.13. The van der Waals surface area contributed by atoms with Crippen LogP contribution in [0, 0.1) is 6.92 Å². The van der Waals surface area contributed by atoms with Gasteiger partial charge in [-0.15, -0.1) is 0 Å². The Balaban J connectivity index is 2.79. The van der Waals surface area contributed by atoms with Gasteiger partial charge in [0.25, 0.3) is 0 Å². The summed E-state index contributed by atoms with van der Waals surface area (Å²) in [5.74, 6) is 0. The highest BCUT2D eigenvalue weighted by atomic mass is 79.9. The van der Waals surface area contributed by atoms with Crippen LogP contribution in [0.5, 0.6) is 0 Å². The minimum absolute atomic E-state index is 0.268. The van der Waals surface area contributed by atoms with Crippen molar-refractivity contribution < 1.29 is 4.74 Å². The zero-order valence-corrected chi connectivity index (χ0v) is 12.5. The van der Waals surface area contributed by atoms with Crippen LogP contribution < -0.4 is 5.32 Å². The van der Waals surface area contributed by atoms with Crippen LogP contribution >= 0.6 is 15.9 Å².